The fraction of sp³-hybridized carbons (Fsp3) is 0.889. The molecular weight excluding hydrogens is 301 g/mol. The summed E-state index contributed by atoms with van der Waals surface area (Å²) >= 11 is 0. The van der Waals surface area contributed by atoms with Gasteiger partial charge in [0.1, 0.15) is 6.04 Å². The Labute approximate surface area is 164 Å². The first kappa shape index (κ1) is 25.3. The third kappa shape index (κ3) is 16.7. The summed E-state index contributed by atoms with van der Waals surface area (Å²) in [7, 11) is 1.67. The van der Waals surface area contributed by atoms with Crippen molar-refractivity contribution >= 4 is 41.5 Å². The summed E-state index contributed by atoms with van der Waals surface area (Å²) in [6.45, 7) is 3.92. The minimum absolute atomic E-state index is 0. The van der Waals surface area contributed by atoms with Gasteiger partial charge < -0.3 is 10.1 Å². The van der Waals surface area contributed by atoms with Gasteiger partial charge in [0.15, 0.2) is 0 Å². The molecule has 0 amide bonds. The Kier molecular flexibility index (Phi) is 20.3. The topological polar surface area (TPSA) is 55.4 Å². The summed E-state index contributed by atoms with van der Waals surface area (Å²) in [4.78, 5) is 22.8. The van der Waals surface area contributed by atoms with E-state index < -0.39 is 18.0 Å². The molecule has 0 heterocycles. The van der Waals surface area contributed by atoms with E-state index >= 15 is 0 Å². The van der Waals surface area contributed by atoms with Crippen LogP contribution in [0.2, 0.25) is 0 Å². The fourth-order valence-corrected chi connectivity index (χ4v) is 2.30. The van der Waals surface area contributed by atoms with Crippen molar-refractivity contribution in [3.8, 4) is 0 Å². The molecule has 0 radical (unpaired) electrons. The molecule has 0 bridgehead atoms. The van der Waals surface area contributed by atoms with Crippen molar-refractivity contribution in [2.24, 2.45) is 0 Å². The summed E-state index contributed by atoms with van der Waals surface area (Å²) in [5.74, 6) is -0.890. The van der Waals surface area contributed by atoms with E-state index in [0.29, 0.717) is 6.42 Å². The molecule has 0 aliphatic carbocycles. The van der Waals surface area contributed by atoms with Gasteiger partial charge in [-0.05, 0) is 20.4 Å². The van der Waals surface area contributed by atoms with Crippen molar-refractivity contribution in [3.63, 3.8) is 0 Å². The average molecular weight is 337 g/mol. The number of nitrogens with one attached hydrogen (secondary N) is 1. The first-order valence-electron chi connectivity index (χ1n) is 9.03. The summed E-state index contributed by atoms with van der Waals surface area (Å²) in [6, 6.07) is -0.429. The van der Waals surface area contributed by atoms with E-state index in [-0.39, 0.29) is 29.6 Å². The Bertz CT molecular complexity index is 298. The van der Waals surface area contributed by atoms with Gasteiger partial charge in [-0.15, -0.1) is 0 Å². The Morgan fingerprint density at radius 2 is 1.30 bits per heavy atom. The van der Waals surface area contributed by atoms with Crippen molar-refractivity contribution in [2.75, 3.05) is 7.05 Å². The van der Waals surface area contributed by atoms with Crippen LogP contribution in [0.1, 0.15) is 90.9 Å². The number of hydrogen-bond acceptors (Lipinski definition) is 4. The fourth-order valence-electron chi connectivity index (χ4n) is 2.30. The Morgan fingerprint density at radius 1 is 0.870 bits per heavy atom. The van der Waals surface area contributed by atoms with Crippen LogP contribution in [0.4, 0.5) is 0 Å². The molecule has 0 saturated carbocycles. The van der Waals surface area contributed by atoms with E-state index in [1.165, 1.54) is 57.8 Å². The first-order valence-corrected chi connectivity index (χ1v) is 9.03. The standard InChI is InChI=1S/C18H35NO3.Na.H/c1-4-5-6-7-8-9-10-11-12-13-14-15-17(20)22-18(21)16(2)19-3;;/h16,19H,4-15H2,1-3H3;;. The van der Waals surface area contributed by atoms with Crippen molar-refractivity contribution in [2.45, 2.75) is 96.9 Å². The number of unbranched alkanes of at least 4 members (excludes halogenated alkanes) is 10. The second-order valence-corrected chi connectivity index (χ2v) is 6.09. The van der Waals surface area contributed by atoms with Gasteiger partial charge in [-0.3, -0.25) is 4.79 Å². The van der Waals surface area contributed by atoms with Gasteiger partial charge in [0, 0.05) is 6.42 Å². The number of esters is 2. The van der Waals surface area contributed by atoms with E-state index in [4.69, 9.17) is 4.74 Å². The molecule has 0 aromatic rings. The zero-order valence-electron chi connectivity index (χ0n) is 14.8. The van der Waals surface area contributed by atoms with Gasteiger partial charge in [0.2, 0.25) is 0 Å². The maximum absolute atomic E-state index is 11.5. The number of hydrogen-bond donors (Lipinski definition) is 1. The predicted octanol–water partition coefficient (Wildman–Crippen LogP) is 3.72. The van der Waals surface area contributed by atoms with Crippen molar-refractivity contribution in [1.29, 1.82) is 0 Å². The average Bonchev–Trinajstić information content (AvgIpc) is 2.51. The van der Waals surface area contributed by atoms with Gasteiger partial charge >= 0.3 is 41.5 Å². The molecule has 0 aromatic heterocycles. The molecule has 0 spiro atoms. The maximum atomic E-state index is 11.5. The first-order chi connectivity index (χ1) is 10.6. The number of rotatable bonds is 14. The summed E-state index contributed by atoms with van der Waals surface area (Å²) in [5.41, 5.74) is 0. The second-order valence-electron chi connectivity index (χ2n) is 6.09. The molecule has 132 valence electrons. The molecular formula is C18H36NNaO3. The van der Waals surface area contributed by atoms with Crippen LogP contribution in [0.25, 0.3) is 0 Å². The number of carbonyl (C=O) groups is 2. The molecule has 1 N–H and O–H groups in total. The Balaban J connectivity index is 0. The third-order valence-electron chi connectivity index (χ3n) is 3.99. The molecule has 0 saturated heterocycles. The zero-order valence-corrected chi connectivity index (χ0v) is 14.8. The molecule has 0 aliphatic heterocycles. The molecule has 0 rings (SSSR count). The molecule has 23 heavy (non-hydrogen) atoms. The van der Waals surface area contributed by atoms with Crippen LogP contribution in [-0.4, -0.2) is 54.6 Å². The van der Waals surface area contributed by atoms with E-state index in [0.717, 1.165) is 12.8 Å². The predicted molar refractivity (Wildman–Crippen MR) is 97.8 cm³/mol. The second kappa shape index (κ2) is 18.4. The Hall–Kier alpha value is 0.1000. The summed E-state index contributed by atoms with van der Waals surface area (Å²) < 4.78 is 4.75. The van der Waals surface area contributed by atoms with E-state index in [2.05, 4.69) is 12.2 Å². The van der Waals surface area contributed by atoms with E-state index in [9.17, 15) is 9.59 Å². The van der Waals surface area contributed by atoms with Gasteiger partial charge in [-0.1, -0.05) is 71.1 Å². The molecule has 1 unspecified atom stereocenters. The van der Waals surface area contributed by atoms with Crippen LogP contribution >= 0.6 is 0 Å². The van der Waals surface area contributed by atoms with Gasteiger partial charge in [-0.25, -0.2) is 4.79 Å². The van der Waals surface area contributed by atoms with Crippen molar-refractivity contribution in [3.05, 3.63) is 0 Å². The third-order valence-corrected chi connectivity index (χ3v) is 3.99. The molecule has 0 aliphatic rings. The number of carbonyl (C=O) groups excluding carboxylic acids is 2. The van der Waals surface area contributed by atoms with Gasteiger partial charge in [0.05, 0.1) is 0 Å². The monoisotopic (exact) mass is 337 g/mol. The van der Waals surface area contributed by atoms with Crippen molar-refractivity contribution in [1.82, 2.24) is 5.32 Å². The van der Waals surface area contributed by atoms with Crippen LogP contribution in [-0.2, 0) is 14.3 Å². The molecule has 4 nitrogen and oxygen atoms in total. The van der Waals surface area contributed by atoms with Crippen LogP contribution in [0.3, 0.4) is 0 Å². The molecule has 0 aromatic carbocycles. The SMILES string of the molecule is CCCCCCCCCCCCCC(=O)OC(=O)C(C)NC.[NaH]. The van der Waals surface area contributed by atoms with Crippen LogP contribution in [0.5, 0.6) is 0 Å². The van der Waals surface area contributed by atoms with Gasteiger partial charge in [-0.2, -0.15) is 0 Å². The normalized spacial score (nSPS) is 11.6. The van der Waals surface area contributed by atoms with E-state index in [1.807, 2.05) is 0 Å². The minimum atomic E-state index is -0.490. The zero-order chi connectivity index (χ0) is 16.6. The molecule has 5 heteroatoms. The van der Waals surface area contributed by atoms with Crippen LogP contribution < -0.4 is 5.32 Å². The van der Waals surface area contributed by atoms with Crippen molar-refractivity contribution < 1.29 is 14.3 Å². The van der Waals surface area contributed by atoms with Crippen LogP contribution in [0.15, 0.2) is 0 Å². The Morgan fingerprint density at radius 3 is 1.74 bits per heavy atom. The molecule has 0 fully saturated rings. The van der Waals surface area contributed by atoms with Gasteiger partial charge in [0.25, 0.3) is 0 Å². The summed E-state index contributed by atoms with van der Waals surface area (Å²) in [6.07, 6.45) is 14.0. The van der Waals surface area contributed by atoms with Crippen LogP contribution in [0, 0.1) is 0 Å². The number of likely N-dealkylation sites (N-methyl/N-ethyl adjacent to an activating group) is 1. The molecule has 1 atom stereocenters. The quantitative estimate of drug-likeness (QED) is 0.227. The van der Waals surface area contributed by atoms with E-state index in [1.54, 1.807) is 14.0 Å². The summed E-state index contributed by atoms with van der Waals surface area (Å²) in [5, 5.41) is 2.76. The number of ether oxygens (including phenoxy) is 1.